The number of benzene rings is 1. The van der Waals surface area contributed by atoms with Crippen molar-refractivity contribution in [1.29, 1.82) is 0 Å². The van der Waals surface area contributed by atoms with Gasteiger partial charge in [0.15, 0.2) is 5.78 Å². The van der Waals surface area contributed by atoms with Crippen LogP contribution in [0.25, 0.3) is 10.9 Å². The Morgan fingerprint density at radius 1 is 1.29 bits per heavy atom. The number of para-hydroxylation sites is 1. The number of aryl methyl sites for hydroxylation is 1. The van der Waals surface area contributed by atoms with Crippen molar-refractivity contribution >= 4 is 28.4 Å². The van der Waals surface area contributed by atoms with Gasteiger partial charge in [0, 0.05) is 28.1 Å². The molecule has 124 valence electrons. The van der Waals surface area contributed by atoms with Crippen LogP contribution in [0.4, 0.5) is 0 Å². The topological polar surface area (TPSA) is 74.4 Å². The van der Waals surface area contributed by atoms with E-state index < -0.39 is 0 Å². The maximum absolute atomic E-state index is 12.7. The van der Waals surface area contributed by atoms with Crippen LogP contribution in [0.1, 0.15) is 53.5 Å². The number of fused-ring (bicyclic) bond motifs is 1. The van der Waals surface area contributed by atoms with Crippen LogP contribution in [0, 0.1) is 6.92 Å². The highest BCUT2D eigenvalue weighted by atomic mass is 32.2. The number of nitrogens with one attached hydrogen (secondary N) is 2. The molecule has 1 aliphatic rings. The number of ketones is 1. The Kier molecular flexibility index (Phi) is 4.14. The lowest BCUT2D eigenvalue weighted by molar-refractivity contribution is 0.102. The third kappa shape index (κ3) is 2.86. The van der Waals surface area contributed by atoms with E-state index in [1.807, 2.05) is 31.2 Å². The number of thioether (sulfide) groups is 1. The van der Waals surface area contributed by atoms with Crippen molar-refractivity contribution in [3.8, 4) is 0 Å². The zero-order valence-electron chi connectivity index (χ0n) is 13.6. The first-order valence-electron chi connectivity index (χ1n) is 8.38. The van der Waals surface area contributed by atoms with E-state index in [0.29, 0.717) is 16.8 Å². The van der Waals surface area contributed by atoms with Crippen molar-refractivity contribution in [2.45, 2.75) is 43.7 Å². The number of nitrogens with zero attached hydrogens (tertiary/aromatic N) is 2. The van der Waals surface area contributed by atoms with Crippen LogP contribution in [0.3, 0.4) is 0 Å². The van der Waals surface area contributed by atoms with Gasteiger partial charge in [0.1, 0.15) is 5.82 Å². The molecule has 0 saturated heterocycles. The van der Waals surface area contributed by atoms with Gasteiger partial charge in [0.2, 0.25) is 5.16 Å². The molecule has 2 heterocycles. The van der Waals surface area contributed by atoms with Gasteiger partial charge in [-0.2, -0.15) is 0 Å². The average molecular weight is 340 g/mol. The third-order valence-corrected chi connectivity index (χ3v) is 5.58. The highest BCUT2D eigenvalue weighted by Crippen LogP contribution is 2.32. The minimum atomic E-state index is 0.113. The number of Topliss-reactive ketones (excluding diaryl/α,β-unsaturated/α-hetero) is 1. The summed E-state index contributed by atoms with van der Waals surface area (Å²) in [6, 6.07) is 7.92. The third-order valence-electron chi connectivity index (χ3n) is 4.73. The Labute approximate surface area is 144 Å². The molecule has 1 aliphatic carbocycles. The second-order valence-electron chi connectivity index (χ2n) is 6.37. The van der Waals surface area contributed by atoms with E-state index in [-0.39, 0.29) is 5.78 Å². The SMILES string of the molecule is Cc1[nH]c2ccccc2c1C(=O)CSc1n[nH]c(C2CCCC2)n1. The number of hydrogen-bond donors (Lipinski definition) is 2. The van der Waals surface area contributed by atoms with Gasteiger partial charge in [-0.15, -0.1) is 5.10 Å². The van der Waals surface area contributed by atoms with Gasteiger partial charge in [-0.05, 0) is 25.8 Å². The summed E-state index contributed by atoms with van der Waals surface area (Å²) in [5.41, 5.74) is 2.71. The molecule has 0 spiro atoms. The lowest BCUT2D eigenvalue weighted by Crippen LogP contribution is -2.04. The highest BCUT2D eigenvalue weighted by molar-refractivity contribution is 7.99. The molecular weight excluding hydrogens is 320 g/mol. The fraction of sp³-hybridized carbons (Fsp3) is 0.389. The van der Waals surface area contributed by atoms with Crippen LogP contribution in [0.2, 0.25) is 0 Å². The first kappa shape index (κ1) is 15.4. The molecule has 2 N–H and O–H groups in total. The molecule has 6 heteroatoms. The van der Waals surface area contributed by atoms with Gasteiger partial charge >= 0.3 is 0 Å². The maximum atomic E-state index is 12.7. The van der Waals surface area contributed by atoms with Gasteiger partial charge in [0.05, 0.1) is 5.75 Å². The summed E-state index contributed by atoms with van der Waals surface area (Å²) in [5.74, 6) is 1.95. The second-order valence-corrected chi connectivity index (χ2v) is 7.31. The van der Waals surface area contributed by atoms with Crippen LogP contribution in [0.15, 0.2) is 29.4 Å². The summed E-state index contributed by atoms with van der Waals surface area (Å²) in [4.78, 5) is 20.5. The van der Waals surface area contributed by atoms with Crippen molar-refractivity contribution in [3.63, 3.8) is 0 Å². The molecule has 5 nitrogen and oxygen atoms in total. The number of hydrogen-bond acceptors (Lipinski definition) is 4. The molecule has 0 radical (unpaired) electrons. The van der Waals surface area contributed by atoms with E-state index in [2.05, 4.69) is 20.2 Å². The van der Waals surface area contributed by atoms with Crippen LogP contribution < -0.4 is 0 Å². The van der Waals surface area contributed by atoms with E-state index in [9.17, 15) is 4.79 Å². The zero-order chi connectivity index (χ0) is 16.5. The molecule has 3 aromatic rings. The molecule has 1 saturated carbocycles. The summed E-state index contributed by atoms with van der Waals surface area (Å²) in [5, 5.41) is 8.97. The fourth-order valence-corrected chi connectivity index (χ4v) is 4.22. The number of rotatable bonds is 5. The quantitative estimate of drug-likeness (QED) is 0.538. The maximum Gasteiger partial charge on any atom is 0.208 e. The summed E-state index contributed by atoms with van der Waals surface area (Å²) in [6.45, 7) is 1.95. The van der Waals surface area contributed by atoms with E-state index in [1.165, 1.54) is 37.4 Å². The Morgan fingerprint density at radius 3 is 2.92 bits per heavy atom. The second kappa shape index (κ2) is 6.43. The standard InChI is InChI=1S/C18H20N4OS/c1-11-16(13-8-4-5-9-14(13)19-11)15(23)10-24-18-20-17(21-22-18)12-6-2-3-7-12/h4-5,8-9,12,19H,2-3,6-7,10H2,1H3,(H,20,21,22). The Balaban J connectivity index is 1.47. The van der Waals surface area contributed by atoms with Crippen molar-refractivity contribution in [3.05, 3.63) is 41.3 Å². The minimum absolute atomic E-state index is 0.113. The average Bonchev–Trinajstić information content (AvgIpc) is 3.31. The van der Waals surface area contributed by atoms with Crippen LogP contribution >= 0.6 is 11.8 Å². The predicted octanol–water partition coefficient (Wildman–Crippen LogP) is 4.23. The lowest BCUT2D eigenvalue weighted by Gasteiger charge is -2.02. The summed E-state index contributed by atoms with van der Waals surface area (Å²) < 4.78 is 0. The normalized spacial score (nSPS) is 15.4. The zero-order valence-corrected chi connectivity index (χ0v) is 14.4. The highest BCUT2D eigenvalue weighted by Gasteiger charge is 2.21. The van der Waals surface area contributed by atoms with Crippen molar-refractivity contribution in [1.82, 2.24) is 20.2 Å². The van der Waals surface area contributed by atoms with E-state index in [0.717, 1.165) is 28.0 Å². The number of carbonyl (C=O) groups is 1. The van der Waals surface area contributed by atoms with E-state index in [1.54, 1.807) is 0 Å². The molecular formula is C18H20N4OS. The summed E-state index contributed by atoms with van der Waals surface area (Å²) >= 11 is 1.41. The molecule has 0 amide bonds. The van der Waals surface area contributed by atoms with Gasteiger partial charge in [0.25, 0.3) is 0 Å². The summed E-state index contributed by atoms with van der Waals surface area (Å²) in [7, 11) is 0. The first-order valence-corrected chi connectivity index (χ1v) is 9.36. The van der Waals surface area contributed by atoms with Crippen molar-refractivity contribution in [2.24, 2.45) is 0 Å². The van der Waals surface area contributed by atoms with Gasteiger partial charge < -0.3 is 4.98 Å². The van der Waals surface area contributed by atoms with Gasteiger partial charge in [-0.3, -0.25) is 9.89 Å². The predicted molar refractivity (Wildman–Crippen MR) is 95.7 cm³/mol. The van der Waals surface area contributed by atoms with Crippen molar-refractivity contribution in [2.75, 3.05) is 5.75 Å². The molecule has 2 aromatic heterocycles. The Hall–Kier alpha value is -2.08. The molecule has 0 aliphatic heterocycles. The molecule has 1 aromatic carbocycles. The van der Waals surface area contributed by atoms with E-state index >= 15 is 0 Å². The first-order chi connectivity index (χ1) is 11.7. The van der Waals surface area contributed by atoms with Crippen LogP contribution in [0.5, 0.6) is 0 Å². The largest absolute Gasteiger partial charge is 0.358 e. The van der Waals surface area contributed by atoms with E-state index in [4.69, 9.17) is 0 Å². The Morgan fingerprint density at radius 2 is 2.08 bits per heavy atom. The summed E-state index contributed by atoms with van der Waals surface area (Å²) in [6.07, 6.45) is 4.91. The smallest absolute Gasteiger partial charge is 0.208 e. The molecule has 0 atom stereocenters. The number of H-pyrrole nitrogens is 2. The Bertz CT molecular complexity index is 876. The van der Waals surface area contributed by atoms with Gasteiger partial charge in [-0.25, -0.2) is 4.98 Å². The molecule has 0 unspecified atom stereocenters. The molecule has 0 bridgehead atoms. The van der Waals surface area contributed by atoms with Gasteiger partial charge in [-0.1, -0.05) is 42.8 Å². The molecule has 1 fully saturated rings. The molecule has 24 heavy (non-hydrogen) atoms. The van der Waals surface area contributed by atoms with Crippen molar-refractivity contribution < 1.29 is 4.79 Å². The fourth-order valence-electron chi connectivity index (χ4n) is 3.54. The lowest BCUT2D eigenvalue weighted by atomic mass is 10.1. The monoisotopic (exact) mass is 340 g/mol. The molecule has 4 rings (SSSR count). The number of carbonyl (C=O) groups excluding carboxylic acids is 1. The van der Waals surface area contributed by atoms with Crippen LogP contribution in [-0.2, 0) is 0 Å². The van der Waals surface area contributed by atoms with Crippen LogP contribution in [-0.4, -0.2) is 31.7 Å². The number of aromatic amines is 2. The number of aromatic nitrogens is 4. The minimum Gasteiger partial charge on any atom is -0.358 e.